The average molecular weight is 406 g/mol. The summed E-state index contributed by atoms with van der Waals surface area (Å²) in [6.45, 7) is 0.884. The van der Waals surface area contributed by atoms with Crippen molar-refractivity contribution in [3.8, 4) is 0 Å². The molecule has 0 saturated carbocycles. The molecule has 3 unspecified atom stereocenters. The van der Waals surface area contributed by atoms with Gasteiger partial charge in [0, 0.05) is 6.42 Å². The van der Waals surface area contributed by atoms with Crippen molar-refractivity contribution in [2.75, 3.05) is 18.6 Å². The van der Waals surface area contributed by atoms with E-state index < -0.39 is 54.3 Å². The van der Waals surface area contributed by atoms with Gasteiger partial charge >= 0.3 is 11.9 Å². The van der Waals surface area contributed by atoms with E-state index in [9.17, 15) is 24.0 Å². The van der Waals surface area contributed by atoms with Crippen molar-refractivity contribution in [2.45, 2.75) is 44.3 Å². The van der Waals surface area contributed by atoms with Gasteiger partial charge in [-0.3, -0.25) is 19.2 Å². The predicted octanol–water partition coefficient (Wildman–Crippen LogP) is -1.88. The quantitative estimate of drug-likeness (QED) is 0.203. The zero-order chi connectivity index (χ0) is 21.0. The zero-order valence-electron chi connectivity index (χ0n) is 15.2. The molecule has 0 aliphatic carbocycles. The van der Waals surface area contributed by atoms with Crippen molar-refractivity contribution in [3.05, 3.63) is 0 Å². The van der Waals surface area contributed by atoms with Crippen molar-refractivity contribution >= 4 is 41.4 Å². The average Bonchev–Trinajstić information content (AvgIpc) is 2.59. The summed E-state index contributed by atoms with van der Waals surface area (Å²) < 4.78 is 0. The molecule has 0 rings (SSSR count). The molecule has 0 aliphatic heterocycles. The highest BCUT2D eigenvalue weighted by atomic mass is 32.2. The van der Waals surface area contributed by atoms with Crippen LogP contribution < -0.4 is 21.7 Å². The van der Waals surface area contributed by atoms with E-state index in [1.54, 1.807) is 6.26 Å². The van der Waals surface area contributed by atoms with Gasteiger partial charge in [-0.15, -0.1) is 0 Å². The van der Waals surface area contributed by atoms with E-state index in [1.165, 1.54) is 18.7 Å². The number of nitrogens with one attached hydrogen (secondary N) is 3. The third-order valence-corrected chi connectivity index (χ3v) is 4.00. The Hall–Kier alpha value is -2.34. The van der Waals surface area contributed by atoms with Gasteiger partial charge in [0.05, 0.1) is 12.6 Å². The molecule has 12 heteroatoms. The first-order valence-corrected chi connectivity index (χ1v) is 9.54. The lowest BCUT2D eigenvalue weighted by Crippen LogP contribution is -2.53. The number of amides is 3. The normalized spacial score (nSPS) is 13.7. The van der Waals surface area contributed by atoms with Crippen LogP contribution in [0.3, 0.4) is 0 Å². The highest BCUT2D eigenvalue weighted by Crippen LogP contribution is 2.01. The van der Waals surface area contributed by atoms with Crippen molar-refractivity contribution in [3.63, 3.8) is 0 Å². The molecule has 0 aliphatic rings. The Morgan fingerprint density at radius 1 is 1.00 bits per heavy atom. The molecular formula is C15H26N4O7S. The van der Waals surface area contributed by atoms with Crippen LogP contribution in [0.15, 0.2) is 0 Å². The van der Waals surface area contributed by atoms with Crippen LogP contribution in [-0.2, 0) is 24.0 Å². The SMILES string of the molecule is CSCCC(NC(=O)CNC(=O)C(CCC(=O)O)NC(=O)C(C)N)C(=O)O. The maximum absolute atomic E-state index is 12.2. The third kappa shape index (κ3) is 11.1. The molecule has 0 fully saturated rings. The fourth-order valence-electron chi connectivity index (χ4n) is 1.87. The van der Waals surface area contributed by atoms with Crippen LogP contribution in [0.1, 0.15) is 26.2 Å². The van der Waals surface area contributed by atoms with E-state index in [0.717, 1.165) is 0 Å². The minimum atomic E-state index is -1.19. The van der Waals surface area contributed by atoms with Crippen LogP contribution in [0.2, 0.25) is 0 Å². The number of carboxylic acids is 2. The summed E-state index contributed by atoms with van der Waals surface area (Å²) in [6, 6.07) is -3.16. The minimum absolute atomic E-state index is 0.188. The molecule has 0 heterocycles. The molecule has 0 spiro atoms. The van der Waals surface area contributed by atoms with Gasteiger partial charge in [0.15, 0.2) is 0 Å². The molecule has 0 aromatic heterocycles. The van der Waals surface area contributed by atoms with Gasteiger partial charge in [0.25, 0.3) is 0 Å². The first kappa shape index (κ1) is 24.7. The summed E-state index contributed by atoms with van der Waals surface area (Å²) in [5.74, 6) is -3.94. The van der Waals surface area contributed by atoms with Crippen LogP contribution in [0.4, 0.5) is 0 Å². The fourth-order valence-corrected chi connectivity index (χ4v) is 2.34. The minimum Gasteiger partial charge on any atom is -0.481 e. The lowest BCUT2D eigenvalue weighted by Gasteiger charge is -2.19. The summed E-state index contributed by atoms with van der Waals surface area (Å²) in [5.41, 5.74) is 5.40. The number of hydrogen-bond acceptors (Lipinski definition) is 7. The summed E-state index contributed by atoms with van der Waals surface area (Å²) in [4.78, 5) is 57.4. The van der Waals surface area contributed by atoms with Crippen LogP contribution in [0.25, 0.3) is 0 Å². The van der Waals surface area contributed by atoms with E-state index in [1.807, 2.05) is 0 Å². The molecule has 27 heavy (non-hydrogen) atoms. The van der Waals surface area contributed by atoms with Crippen molar-refractivity contribution < 1.29 is 34.2 Å². The Labute approximate surface area is 160 Å². The summed E-state index contributed by atoms with van der Waals surface area (Å²) in [5, 5.41) is 24.7. The molecule has 0 aromatic carbocycles. The summed E-state index contributed by atoms with van der Waals surface area (Å²) in [7, 11) is 0. The van der Waals surface area contributed by atoms with Crippen molar-refractivity contribution in [1.82, 2.24) is 16.0 Å². The third-order valence-electron chi connectivity index (χ3n) is 3.36. The van der Waals surface area contributed by atoms with Crippen LogP contribution in [-0.4, -0.2) is 76.6 Å². The van der Waals surface area contributed by atoms with Gasteiger partial charge < -0.3 is 31.9 Å². The Morgan fingerprint density at radius 3 is 2.11 bits per heavy atom. The van der Waals surface area contributed by atoms with Gasteiger partial charge in [-0.1, -0.05) is 0 Å². The Bertz CT molecular complexity index is 556. The molecule has 0 bridgehead atoms. The van der Waals surface area contributed by atoms with E-state index >= 15 is 0 Å². The number of thioether (sulfide) groups is 1. The van der Waals surface area contributed by atoms with E-state index in [4.69, 9.17) is 15.9 Å². The van der Waals surface area contributed by atoms with Gasteiger partial charge in [0.2, 0.25) is 17.7 Å². The monoisotopic (exact) mass is 406 g/mol. The highest BCUT2D eigenvalue weighted by molar-refractivity contribution is 7.98. The van der Waals surface area contributed by atoms with Gasteiger partial charge in [0.1, 0.15) is 12.1 Å². The number of carboxylic acid groups (broad SMARTS) is 2. The maximum Gasteiger partial charge on any atom is 0.326 e. The first-order valence-electron chi connectivity index (χ1n) is 8.15. The zero-order valence-corrected chi connectivity index (χ0v) is 16.0. The number of carbonyl (C=O) groups excluding carboxylic acids is 3. The van der Waals surface area contributed by atoms with Crippen LogP contribution in [0, 0.1) is 0 Å². The Morgan fingerprint density at radius 2 is 1.63 bits per heavy atom. The number of nitrogens with two attached hydrogens (primary N) is 1. The van der Waals surface area contributed by atoms with E-state index in [-0.39, 0.29) is 19.3 Å². The molecule has 0 saturated heterocycles. The largest absolute Gasteiger partial charge is 0.481 e. The second-order valence-corrected chi connectivity index (χ2v) is 6.73. The molecule has 3 atom stereocenters. The topological polar surface area (TPSA) is 188 Å². The number of carbonyl (C=O) groups is 5. The highest BCUT2D eigenvalue weighted by Gasteiger charge is 2.24. The molecule has 3 amide bonds. The van der Waals surface area contributed by atoms with E-state index in [2.05, 4.69) is 16.0 Å². The van der Waals surface area contributed by atoms with Crippen molar-refractivity contribution in [2.24, 2.45) is 5.73 Å². The van der Waals surface area contributed by atoms with Gasteiger partial charge in [-0.05, 0) is 31.8 Å². The lowest BCUT2D eigenvalue weighted by molar-refractivity contribution is -0.141. The Kier molecular flexibility index (Phi) is 11.8. The molecule has 11 nitrogen and oxygen atoms in total. The van der Waals surface area contributed by atoms with Gasteiger partial charge in [-0.2, -0.15) is 11.8 Å². The second kappa shape index (κ2) is 12.9. The number of rotatable bonds is 13. The number of aliphatic carboxylic acids is 2. The molecular weight excluding hydrogens is 380 g/mol. The first-order chi connectivity index (χ1) is 12.6. The predicted molar refractivity (Wildman–Crippen MR) is 98.0 cm³/mol. The summed E-state index contributed by atoms with van der Waals surface area (Å²) in [6.07, 6.45) is 1.46. The molecule has 0 radical (unpaired) electrons. The lowest BCUT2D eigenvalue weighted by atomic mass is 10.1. The van der Waals surface area contributed by atoms with Gasteiger partial charge in [-0.25, -0.2) is 4.79 Å². The Balaban J connectivity index is 4.71. The smallest absolute Gasteiger partial charge is 0.326 e. The molecule has 7 N–H and O–H groups in total. The summed E-state index contributed by atoms with van der Waals surface area (Å²) >= 11 is 1.43. The van der Waals surface area contributed by atoms with E-state index in [0.29, 0.717) is 5.75 Å². The van der Waals surface area contributed by atoms with Crippen LogP contribution >= 0.6 is 11.8 Å². The maximum atomic E-state index is 12.2. The fraction of sp³-hybridized carbons (Fsp3) is 0.667. The second-order valence-electron chi connectivity index (χ2n) is 5.74. The molecule has 154 valence electrons. The molecule has 0 aromatic rings. The van der Waals surface area contributed by atoms with Crippen molar-refractivity contribution in [1.29, 1.82) is 0 Å². The van der Waals surface area contributed by atoms with Crippen LogP contribution in [0.5, 0.6) is 0 Å². The standard InChI is InChI=1S/C15H26N4O7S/c1-8(16)13(23)19-9(3-4-12(21)22)14(24)17-7-11(20)18-10(15(25)26)5-6-27-2/h8-10H,3-7,16H2,1-2H3,(H,17,24)(H,18,20)(H,19,23)(H,21,22)(H,25,26). The number of hydrogen-bond donors (Lipinski definition) is 6.